The third-order valence-electron chi connectivity index (χ3n) is 3.86. The summed E-state index contributed by atoms with van der Waals surface area (Å²) in [5, 5.41) is 3.14. The lowest BCUT2D eigenvalue weighted by Crippen LogP contribution is -2.43. The number of rotatable bonds is 5. The van der Waals surface area contributed by atoms with Gasteiger partial charge in [0.15, 0.2) is 0 Å². The van der Waals surface area contributed by atoms with Crippen molar-refractivity contribution in [3.63, 3.8) is 0 Å². The van der Waals surface area contributed by atoms with E-state index < -0.39 is 0 Å². The molecule has 2 aromatic rings. The van der Waals surface area contributed by atoms with Crippen LogP contribution in [-0.4, -0.2) is 49.6 Å². The Kier molecular flexibility index (Phi) is 5.25. The zero-order chi connectivity index (χ0) is 16.1. The van der Waals surface area contributed by atoms with Crippen molar-refractivity contribution in [2.24, 2.45) is 0 Å². The molecule has 0 amide bonds. The summed E-state index contributed by atoms with van der Waals surface area (Å²) < 4.78 is 7.62. The Morgan fingerprint density at radius 2 is 1.78 bits per heavy atom. The van der Waals surface area contributed by atoms with Gasteiger partial charge in [-0.2, -0.15) is 4.98 Å². The van der Waals surface area contributed by atoms with E-state index in [1.807, 2.05) is 37.2 Å². The Morgan fingerprint density at radius 1 is 1.04 bits per heavy atom. The van der Waals surface area contributed by atoms with Gasteiger partial charge in [0.25, 0.3) is 0 Å². The molecule has 122 valence electrons. The first-order chi connectivity index (χ1) is 11.3. The van der Waals surface area contributed by atoms with Crippen molar-refractivity contribution < 1.29 is 4.74 Å². The molecule has 2 heterocycles. The molecule has 0 spiro atoms. The van der Waals surface area contributed by atoms with E-state index in [0.717, 1.165) is 37.7 Å². The molecule has 0 atom stereocenters. The number of hydrogen-bond acceptors (Lipinski definition) is 6. The minimum absolute atomic E-state index is 0.670. The van der Waals surface area contributed by atoms with Crippen LogP contribution in [0.3, 0.4) is 0 Å². The molecule has 1 aromatic heterocycles. The molecule has 0 saturated carbocycles. The molecule has 0 unspecified atom stereocenters. The van der Waals surface area contributed by atoms with Crippen LogP contribution in [0.15, 0.2) is 47.4 Å². The van der Waals surface area contributed by atoms with E-state index in [9.17, 15) is 0 Å². The number of aromatic nitrogens is 1. The Labute approximate surface area is 141 Å². The van der Waals surface area contributed by atoms with Gasteiger partial charge in [-0.15, -0.1) is 0 Å². The van der Waals surface area contributed by atoms with E-state index in [0.29, 0.717) is 5.88 Å². The normalized spacial score (nSPS) is 15.5. The monoisotopic (exact) mass is 330 g/mol. The third-order valence-corrected chi connectivity index (χ3v) is 4.96. The molecule has 5 nitrogen and oxygen atoms in total. The second-order valence-electron chi connectivity index (χ2n) is 5.32. The van der Waals surface area contributed by atoms with Crippen LogP contribution >= 0.6 is 11.9 Å². The van der Waals surface area contributed by atoms with Gasteiger partial charge < -0.3 is 15.0 Å². The highest BCUT2D eigenvalue weighted by Gasteiger charge is 2.19. The number of nitrogens with one attached hydrogen (secondary N) is 1. The Bertz CT molecular complexity index is 627. The van der Waals surface area contributed by atoms with E-state index in [4.69, 9.17) is 4.74 Å². The van der Waals surface area contributed by atoms with Crippen molar-refractivity contribution in [2.45, 2.75) is 4.90 Å². The summed E-state index contributed by atoms with van der Waals surface area (Å²) in [5.41, 5.74) is 1.14. The second kappa shape index (κ2) is 7.57. The van der Waals surface area contributed by atoms with Crippen molar-refractivity contribution in [3.8, 4) is 5.88 Å². The van der Waals surface area contributed by atoms with E-state index in [2.05, 4.69) is 43.8 Å². The van der Waals surface area contributed by atoms with Crippen molar-refractivity contribution in [3.05, 3.63) is 42.5 Å². The maximum absolute atomic E-state index is 5.21. The Hall–Kier alpha value is -1.92. The highest BCUT2D eigenvalue weighted by atomic mass is 32.2. The van der Waals surface area contributed by atoms with E-state index in [1.165, 1.54) is 4.90 Å². The average Bonchev–Trinajstić information content (AvgIpc) is 2.63. The third kappa shape index (κ3) is 4.09. The molecule has 0 radical (unpaired) electrons. The van der Waals surface area contributed by atoms with E-state index in [-0.39, 0.29) is 0 Å². The number of benzene rings is 1. The van der Waals surface area contributed by atoms with Crippen molar-refractivity contribution in [1.29, 1.82) is 0 Å². The fourth-order valence-electron chi connectivity index (χ4n) is 2.53. The molecule has 1 fully saturated rings. The summed E-state index contributed by atoms with van der Waals surface area (Å²) >= 11 is 1.82. The van der Waals surface area contributed by atoms with Gasteiger partial charge in [-0.3, -0.25) is 0 Å². The maximum Gasteiger partial charge on any atom is 0.214 e. The summed E-state index contributed by atoms with van der Waals surface area (Å²) in [4.78, 5) is 8.10. The number of anilines is 2. The molecule has 6 heteroatoms. The molecular weight excluding hydrogens is 308 g/mol. The Morgan fingerprint density at radius 3 is 2.43 bits per heavy atom. The molecule has 3 rings (SSSR count). The number of ether oxygens (including phenoxy) is 1. The van der Waals surface area contributed by atoms with Gasteiger partial charge in [-0.25, -0.2) is 4.31 Å². The summed E-state index contributed by atoms with van der Waals surface area (Å²) in [5.74, 6) is 1.66. The molecule has 1 aromatic carbocycles. The highest BCUT2D eigenvalue weighted by molar-refractivity contribution is 7.97. The summed E-state index contributed by atoms with van der Waals surface area (Å²) in [7, 11) is 3.59. The maximum atomic E-state index is 5.21. The van der Waals surface area contributed by atoms with Crippen LogP contribution < -0.4 is 15.0 Å². The van der Waals surface area contributed by atoms with Crippen LogP contribution in [0.4, 0.5) is 11.5 Å². The van der Waals surface area contributed by atoms with Crippen LogP contribution in [0.1, 0.15) is 0 Å². The smallest absolute Gasteiger partial charge is 0.214 e. The molecule has 0 aliphatic carbocycles. The van der Waals surface area contributed by atoms with Gasteiger partial charge in [0.1, 0.15) is 5.82 Å². The van der Waals surface area contributed by atoms with Crippen LogP contribution in [0.5, 0.6) is 5.88 Å². The first-order valence-corrected chi connectivity index (χ1v) is 8.52. The first-order valence-electron chi connectivity index (χ1n) is 7.75. The molecule has 1 N–H and O–H groups in total. The van der Waals surface area contributed by atoms with Crippen LogP contribution in [0.25, 0.3) is 0 Å². The minimum Gasteiger partial charge on any atom is -0.481 e. The average molecular weight is 330 g/mol. The zero-order valence-electron chi connectivity index (χ0n) is 13.5. The zero-order valence-corrected chi connectivity index (χ0v) is 14.3. The fourth-order valence-corrected chi connectivity index (χ4v) is 3.44. The van der Waals surface area contributed by atoms with Crippen LogP contribution in [-0.2, 0) is 0 Å². The van der Waals surface area contributed by atoms with Crippen LogP contribution in [0.2, 0.25) is 0 Å². The number of piperazine rings is 1. The molecule has 1 aliphatic rings. The van der Waals surface area contributed by atoms with E-state index >= 15 is 0 Å². The van der Waals surface area contributed by atoms with E-state index in [1.54, 1.807) is 7.11 Å². The number of nitrogens with zero attached hydrogens (tertiary/aromatic N) is 3. The number of pyridine rings is 1. The molecular formula is C17H22N4OS. The number of methoxy groups -OCH3 is 1. The Balaban J connectivity index is 1.55. The topological polar surface area (TPSA) is 40.6 Å². The van der Waals surface area contributed by atoms with Crippen molar-refractivity contribution in [2.75, 3.05) is 50.6 Å². The largest absolute Gasteiger partial charge is 0.481 e. The summed E-state index contributed by atoms with van der Waals surface area (Å²) in [6.45, 7) is 3.97. The SMILES string of the molecule is CNc1ccc(SN2CCN(c3cccc(OC)n3)CC2)cc1. The summed E-state index contributed by atoms with van der Waals surface area (Å²) in [6, 6.07) is 14.5. The second-order valence-corrected chi connectivity index (χ2v) is 6.49. The predicted molar refractivity (Wildman–Crippen MR) is 96.4 cm³/mol. The van der Waals surface area contributed by atoms with Crippen LogP contribution in [0, 0.1) is 0 Å². The predicted octanol–water partition coefficient (Wildman–Crippen LogP) is 2.96. The van der Waals surface area contributed by atoms with Gasteiger partial charge in [-0.1, -0.05) is 6.07 Å². The molecule has 1 aliphatic heterocycles. The molecule has 23 heavy (non-hydrogen) atoms. The standard InChI is InChI=1S/C17H22N4OS/c1-18-14-6-8-15(9-7-14)23-21-12-10-20(11-13-21)16-4-3-5-17(19-16)22-2/h3-9,18H,10-13H2,1-2H3. The van der Waals surface area contributed by atoms with Gasteiger partial charge in [-0.05, 0) is 42.3 Å². The minimum atomic E-state index is 0.670. The van der Waals surface area contributed by atoms with Crippen molar-refractivity contribution >= 4 is 23.5 Å². The van der Waals surface area contributed by atoms with Gasteiger partial charge in [0.2, 0.25) is 5.88 Å². The summed E-state index contributed by atoms with van der Waals surface area (Å²) in [6.07, 6.45) is 0. The fraction of sp³-hybridized carbons (Fsp3) is 0.353. The first kappa shape index (κ1) is 16.0. The highest BCUT2D eigenvalue weighted by Crippen LogP contribution is 2.26. The molecule has 0 bridgehead atoms. The van der Waals surface area contributed by atoms with Gasteiger partial charge >= 0.3 is 0 Å². The van der Waals surface area contributed by atoms with Crippen molar-refractivity contribution in [1.82, 2.24) is 9.29 Å². The number of hydrogen-bond donors (Lipinski definition) is 1. The lowest BCUT2D eigenvalue weighted by Gasteiger charge is -2.34. The molecule has 1 saturated heterocycles. The lowest BCUT2D eigenvalue weighted by molar-refractivity contribution is 0.394. The van der Waals surface area contributed by atoms with Gasteiger partial charge in [0.05, 0.1) is 7.11 Å². The quantitative estimate of drug-likeness (QED) is 0.850. The van der Waals surface area contributed by atoms with Gasteiger partial charge in [0, 0.05) is 49.9 Å². The lowest BCUT2D eigenvalue weighted by atomic mass is 10.3.